The van der Waals surface area contributed by atoms with E-state index < -0.39 is 40.2 Å². The maximum atomic E-state index is 14.5. The van der Waals surface area contributed by atoms with Crippen LogP contribution in [0.3, 0.4) is 0 Å². The van der Waals surface area contributed by atoms with Crippen molar-refractivity contribution in [1.29, 1.82) is 0 Å². The highest BCUT2D eigenvalue weighted by Gasteiger charge is 2.35. The highest BCUT2D eigenvalue weighted by atomic mass is 35.5. The molecule has 2 amide bonds. The standard InChI is InChI=1S/C34H34Cl2FN3O4S/c1-3-24(2)38-34(42)32(20-25-10-6-4-7-11-25)39(22-26-14-17-28(37)18-15-26)33(41)23-40(31-21-27(35)16-19-30(31)36)45(43,44)29-12-8-5-9-13-29/h4-19,21,24,32H,3,20,22-23H2,1-2H3,(H,38,42). The van der Waals surface area contributed by atoms with E-state index in [9.17, 15) is 22.4 Å². The molecule has 0 saturated carbocycles. The molecule has 0 fully saturated rings. The number of nitrogens with one attached hydrogen (secondary N) is 1. The first-order valence-electron chi connectivity index (χ1n) is 14.4. The molecular weight excluding hydrogens is 636 g/mol. The van der Waals surface area contributed by atoms with Crippen molar-refractivity contribution < 1.29 is 22.4 Å². The van der Waals surface area contributed by atoms with E-state index in [-0.39, 0.29) is 39.6 Å². The molecule has 4 aromatic carbocycles. The second-order valence-electron chi connectivity index (χ2n) is 10.6. The van der Waals surface area contributed by atoms with Crippen LogP contribution in [0.2, 0.25) is 10.0 Å². The van der Waals surface area contributed by atoms with Gasteiger partial charge in [-0.15, -0.1) is 0 Å². The molecule has 4 rings (SSSR count). The Morgan fingerprint density at radius 3 is 2.11 bits per heavy atom. The predicted molar refractivity (Wildman–Crippen MR) is 176 cm³/mol. The van der Waals surface area contributed by atoms with Crippen molar-refractivity contribution in [3.8, 4) is 0 Å². The fraction of sp³-hybridized carbons (Fsp3) is 0.235. The van der Waals surface area contributed by atoms with Gasteiger partial charge in [-0.3, -0.25) is 13.9 Å². The summed E-state index contributed by atoms with van der Waals surface area (Å²) in [5.74, 6) is -1.53. The minimum absolute atomic E-state index is 0.00627. The molecule has 0 aromatic heterocycles. The Hall–Kier alpha value is -3.92. The van der Waals surface area contributed by atoms with E-state index in [1.165, 1.54) is 59.5 Å². The van der Waals surface area contributed by atoms with Gasteiger partial charge in [0.2, 0.25) is 11.8 Å². The maximum Gasteiger partial charge on any atom is 0.264 e. The van der Waals surface area contributed by atoms with Gasteiger partial charge in [0.1, 0.15) is 18.4 Å². The van der Waals surface area contributed by atoms with E-state index in [4.69, 9.17) is 23.2 Å². The molecule has 0 bridgehead atoms. The number of amides is 2. The third-order valence-electron chi connectivity index (χ3n) is 7.33. The molecule has 236 valence electrons. The highest BCUT2D eigenvalue weighted by molar-refractivity contribution is 7.92. The average molecular weight is 671 g/mol. The molecule has 0 heterocycles. The normalized spacial score (nSPS) is 12.6. The van der Waals surface area contributed by atoms with Crippen LogP contribution in [0, 0.1) is 5.82 Å². The van der Waals surface area contributed by atoms with Gasteiger partial charge < -0.3 is 10.2 Å². The smallest absolute Gasteiger partial charge is 0.264 e. The van der Waals surface area contributed by atoms with Gasteiger partial charge in [-0.1, -0.05) is 90.8 Å². The van der Waals surface area contributed by atoms with Crippen molar-refractivity contribution in [3.05, 3.63) is 130 Å². The van der Waals surface area contributed by atoms with E-state index >= 15 is 0 Å². The molecule has 0 spiro atoms. The molecule has 0 saturated heterocycles. The van der Waals surface area contributed by atoms with Crippen LogP contribution in [0.4, 0.5) is 10.1 Å². The van der Waals surface area contributed by atoms with Crippen LogP contribution in [-0.2, 0) is 32.6 Å². The predicted octanol–water partition coefficient (Wildman–Crippen LogP) is 6.88. The second-order valence-corrected chi connectivity index (χ2v) is 13.3. The number of halogens is 3. The van der Waals surface area contributed by atoms with Gasteiger partial charge in [0.15, 0.2) is 0 Å². The molecule has 7 nitrogen and oxygen atoms in total. The fourth-order valence-electron chi connectivity index (χ4n) is 4.69. The third-order valence-corrected chi connectivity index (χ3v) is 9.65. The quantitative estimate of drug-likeness (QED) is 0.168. The largest absolute Gasteiger partial charge is 0.352 e. The first-order valence-corrected chi connectivity index (χ1v) is 16.6. The summed E-state index contributed by atoms with van der Waals surface area (Å²) >= 11 is 12.8. The van der Waals surface area contributed by atoms with E-state index in [0.29, 0.717) is 12.0 Å². The lowest BCUT2D eigenvalue weighted by molar-refractivity contribution is -0.140. The monoisotopic (exact) mass is 669 g/mol. The zero-order valence-corrected chi connectivity index (χ0v) is 27.2. The fourth-order valence-corrected chi connectivity index (χ4v) is 6.57. The van der Waals surface area contributed by atoms with Crippen molar-refractivity contribution in [2.24, 2.45) is 0 Å². The molecule has 4 aromatic rings. The summed E-state index contributed by atoms with van der Waals surface area (Å²) < 4.78 is 42.8. The Morgan fingerprint density at radius 1 is 0.867 bits per heavy atom. The second kappa shape index (κ2) is 15.4. The number of hydrogen-bond acceptors (Lipinski definition) is 4. The van der Waals surface area contributed by atoms with E-state index in [1.807, 2.05) is 44.2 Å². The summed E-state index contributed by atoms with van der Waals surface area (Å²) in [6.45, 7) is 3.01. The zero-order chi connectivity index (χ0) is 32.6. The molecule has 45 heavy (non-hydrogen) atoms. The minimum Gasteiger partial charge on any atom is -0.352 e. The third kappa shape index (κ3) is 8.84. The van der Waals surface area contributed by atoms with Crippen molar-refractivity contribution in [2.75, 3.05) is 10.8 Å². The van der Waals surface area contributed by atoms with Gasteiger partial charge in [0.05, 0.1) is 15.6 Å². The van der Waals surface area contributed by atoms with Crippen LogP contribution in [0.25, 0.3) is 0 Å². The van der Waals surface area contributed by atoms with Gasteiger partial charge >= 0.3 is 0 Å². The van der Waals surface area contributed by atoms with Gasteiger partial charge in [0, 0.05) is 24.0 Å². The van der Waals surface area contributed by atoms with E-state index in [0.717, 1.165) is 9.87 Å². The lowest BCUT2D eigenvalue weighted by Crippen LogP contribution is -2.54. The average Bonchev–Trinajstić information content (AvgIpc) is 3.04. The number of anilines is 1. The van der Waals surface area contributed by atoms with Crippen molar-refractivity contribution in [1.82, 2.24) is 10.2 Å². The lowest BCUT2D eigenvalue weighted by Gasteiger charge is -2.34. The van der Waals surface area contributed by atoms with Crippen LogP contribution in [-0.4, -0.2) is 43.8 Å². The summed E-state index contributed by atoms with van der Waals surface area (Å²) in [6, 6.07) is 25.6. The summed E-state index contributed by atoms with van der Waals surface area (Å²) in [4.78, 5) is 29.6. The molecule has 0 aliphatic carbocycles. The summed E-state index contributed by atoms with van der Waals surface area (Å²) in [6.07, 6.45) is 0.811. The summed E-state index contributed by atoms with van der Waals surface area (Å²) in [5, 5.41) is 3.25. The number of nitrogens with zero attached hydrogens (tertiary/aromatic N) is 2. The Morgan fingerprint density at radius 2 is 1.49 bits per heavy atom. The molecule has 2 atom stereocenters. The van der Waals surface area contributed by atoms with Crippen molar-refractivity contribution >= 4 is 50.7 Å². The summed E-state index contributed by atoms with van der Waals surface area (Å²) in [5.41, 5.74) is 1.36. The SMILES string of the molecule is CCC(C)NC(=O)C(Cc1ccccc1)N(Cc1ccc(F)cc1)C(=O)CN(c1cc(Cl)ccc1Cl)S(=O)(=O)c1ccccc1. The van der Waals surface area contributed by atoms with Crippen LogP contribution in [0.5, 0.6) is 0 Å². The molecule has 0 aliphatic heterocycles. The Balaban J connectivity index is 1.83. The van der Waals surface area contributed by atoms with E-state index in [1.54, 1.807) is 18.2 Å². The Kier molecular flexibility index (Phi) is 11.6. The van der Waals surface area contributed by atoms with Crippen molar-refractivity contribution in [3.63, 3.8) is 0 Å². The number of rotatable bonds is 13. The first-order chi connectivity index (χ1) is 21.5. The van der Waals surface area contributed by atoms with Gasteiger partial charge in [-0.2, -0.15) is 0 Å². The Labute approximate surface area is 273 Å². The number of carbonyl (C=O) groups is 2. The number of sulfonamides is 1. The number of hydrogen-bond donors (Lipinski definition) is 1. The lowest BCUT2D eigenvalue weighted by atomic mass is 10.0. The van der Waals surface area contributed by atoms with Gasteiger partial charge in [0.25, 0.3) is 10.0 Å². The molecule has 0 aliphatic rings. The van der Waals surface area contributed by atoms with Crippen LogP contribution in [0.1, 0.15) is 31.4 Å². The molecular formula is C34H34Cl2FN3O4S. The Bertz CT molecular complexity index is 1710. The maximum absolute atomic E-state index is 14.5. The molecule has 11 heteroatoms. The highest BCUT2D eigenvalue weighted by Crippen LogP contribution is 2.33. The van der Waals surface area contributed by atoms with Gasteiger partial charge in [-0.25, -0.2) is 12.8 Å². The summed E-state index contributed by atoms with van der Waals surface area (Å²) in [7, 11) is -4.34. The minimum atomic E-state index is -4.34. The van der Waals surface area contributed by atoms with Crippen LogP contribution in [0.15, 0.2) is 108 Å². The molecule has 0 radical (unpaired) electrons. The van der Waals surface area contributed by atoms with E-state index in [2.05, 4.69) is 5.32 Å². The first kappa shape index (κ1) is 34.0. The molecule has 2 unspecified atom stereocenters. The van der Waals surface area contributed by atoms with Crippen LogP contribution >= 0.6 is 23.2 Å². The van der Waals surface area contributed by atoms with Crippen LogP contribution < -0.4 is 9.62 Å². The zero-order valence-electron chi connectivity index (χ0n) is 24.9. The number of carbonyl (C=O) groups excluding carboxylic acids is 2. The van der Waals surface area contributed by atoms with Gasteiger partial charge in [-0.05, 0) is 66.9 Å². The number of benzene rings is 4. The topological polar surface area (TPSA) is 86.8 Å². The molecule has 1 N–H and O–H groups in total. The van der Waals surface area contributed by atoms with Crippen molar-refractivity contribution in [2.45, 2.75) is 50.2 Å².